The molecule has 0 aliphatic carbocycles. The number of amides is 4. The first kappa shape index (κ1) is 27.5. The number of nitrogens with zero attached hydrogens (tertiary/aromatic N) is 1. The number of carboxylic acids is 1. The zero-order chi connectivity index (χ0) is 24.0. The van der Waals surface area contributed by atoms with Crippen LogP contribution in [0.1, 0.15) is 19.8 Å². The van der Waals surface area contributed by atoms with Crippen molar-refractivity contribution in [3.8, 4) is 0 Å². The van der Waals surface area contributed by atoms with Gasteiger partial charge >= 0.3 is 5.97 Å². The van der Waals surface area contributed by atoms with Gasteiger partial charge in [0.25, 0.3) is 0 Å². The van der Waals surface area contributed by atoms with Crippen molar-refractivity contribution in [1.29, 1.82) is 0 Å². The maximum Gasteiger partial charge on any atom is 0.322 e. The first-order chi connectivity index (χ1) is 14.5. The number of rotatable bonds is 14. The van der Waals surface area contributed by atoms with Gasteiger partial charge in [-0.1, -0.05) is 0 Å². The third-order valence-electron chi connectivity index (χ3n) is 3.76. The average molecular weight is 446 g/mol. The van der Waals surface area contributed by atoms with E-state index in [9.17, 15) is 29.1 Å². The molecule has 0 saturated carbocycles. The lowest BCUT2D eigenvalue weighted by Crippen LogP contribution is -2.57. The molecule has 0 saturated heterocycles. The van der Waals surface area contributed by atoms with Crippen LogP contribution in [-0.2, 0) is 24.0 Å². The third kappa shape index (κ3) is 12.0. The molecule has 0 rings (SSSR count). The van der Waals surface area contributed by atoms with E-state index in [0.29, 0.717) is 0 Å². The topological polar surface area (TPSA) is 264 Å². The first-order valence-corrected chi connectivity index (χ1v) is 9.27. The molecule has 4 amide bonds. The number of carbonyl (C=O) groups is 5. The van der Waals surface area contributed by atoms with Gasteiger partial charge in [0.05, 0.1) is 13.2 Å². The number of nitrogens with two attached hydrogens (primary N) is 3. The van der Waals surface area contributed by atoms with Gasteiger partial charge in [-0.05, 0) is 19.8 Å². The summed E-state index contributed by atoms with van der Waals surface area (Å²) >= 11 is 0. The van der Waals surface area contributed by atoms with Crippen molar-refractivity contribution in [1.82, 2.24) is 21.3 Å². The first-order valence-electron chi connectivity index (χ1n) is 9.27. The second-order valence-electron chi connectivity index (χ2n) is 6.36. The number of aliphatic hydroxyl groups excluding tert-OH is 1. The van der Waals surface area contributed by atoms with E-state index in [1.807, 2.05) is 5.32 Å². The maximum absolute atomic E-state index is 12.6. The largest absolute Gasteiger partial charge is 0.480 e. The fourth-order valence-electron chi connectivity index (χ4n) is 2.19. The normalized spacial score (nSPS) is 13.1. The van der Waals surface area contributed by atoms with Gasteiger partial charge in [0.2, 0.25) is 23.6 Å². The van der Waals surface area contributed by atoms with Crippen LogP contribution < -0.4 is 38.5 Å². The second kappa shape index (κ2) is 14.5. The molecule has 0 aliphatic heterocycles. The van der Waals surface area contributed by atoms with Gasteiger partial charge in [0.15, 0.2) is 5.96 Å². The van der Waals surface area contributed by atoms with Crippen molar-refractivity contribution in [2.75, 3.05) is 26.2 Å². The number of carboxylic acid groups (broad SMARTS) is 1. The molecule has 0 aromatic heterocycles. The second-order valence-corrected chi connectivity index (χ2v) is 6.36. The Balaban J connectivity index is 5.18. The van der Waals surface area contributed by atoms with Crippen molar-refractivity contribution in [3.05, 3.63) is 0 Å². The summed E-state index contributed by atoms with van der Waals surface area (Å²) in [4.78, 5) is 62.5. The van der Waals surface area contributed by atoms with E-state index in [4.69, 9.17) is 22.3 Å². The van der Waals surface area contributed by atoms with Crippen molar-refractivity contribution >= 4 is 35.6 Å². The molecule has 0 unspecified atom stereocenters. The molecule has 0 fully saturated rings. The van der Waals surface area contributed by atoms with Crippen molar-refractivity contribution < 1.29 is 34.2 Å². The minimum Gasteiger partial charge on any atom is -0.480 e. The van der Waals surface area contributed by atoms with E-state index in [0.717, 1.165) is 0 Å². The van der Waals surface area contributed by atoms with Crippen LogP contribution in [0, 0.1) is 0 Å². The van der Waals surface area contributed by atoms with E-state index < -0.39 is 60.9 Å². The van der Waals surface area contributed by atoms with Gasteiger partial charge in [-0.15, -0.1) is 0 Å². The number of hydrogen-bond acceptors (Lipinski definition) is 8. The molecule has 0 bridgehead atoms. The third-order valence-corrected chi connectivity index (χ3v) is 3.76. The Morgan fingerprint density at radius 3 is 2.10 bits per heavy atom. The molecule has 0 radical (unpaired) electrons. The zero-order valence-electron chi connectivity index (χ0n) is 17.1. The van der Waals surface area contributed by atoms with Gasteiger partial charge < -0.3 is 48.7 Å². The standard InChI is InChI=1S/C16H30N8O7/c1-8(22-11(26)5-17)13(29)23-9(3-2-4-20-16(18)19)15(31)24-10(7-25)14(30)21-6-12(27)28/h8-10,25H,2-7,17H2,1H3,(H,21,30)(H,22,26)(H,23,29)(H,24,31)(H,27,28)(H4,18,19,20)/t8-,9-,10-/m0/s1. The van der Waals surface area contributed by atoms with Crippen LogP contribution in [0.4, 0.5) is 0 Å². The molecule has 12 N–H and O–H groups in total. The summed E-state index contributed by atoms with van der Waals surface area (Å²) in [5.74, 6) is -4.48. The molecule has 0 heterocycles. The minimum absolute atomic E-state index is 0.0564. The monoisotopic (exact) mass is 446 g/mol. The van der Waals surface area contributed by atoms with Crippen LogP contribution in [0.25, 0.3) is 0 Å². The van der Waals surface area contributed by atoms with E-state index in [1.54, 1.807) is 0 Å². The number of aliphatic imine (C=N–C) groups is 1. The predicted molar refractivity (Wildman–Crippen MR) is 108 cm³/mol. The van der Waals surface area contributed by atoms with Crippen LogP contribution in [0.2, 0.25) is 0 Å². The SMILES string of the molecule is C[C@H](NC(=O)CN)C(=O)N[C@@H](CCCN=C(N)N)C(=O)N[C@@H](CO)C(=O)NCC(=O)O. The summed E-state index contributed by atoms with van der Waals surface area (Å²) < 4.78 is 0. The number of aliphatic hydroxyl groups is 1. The van der Waals surface area contributed by atoms with Gasteiger partial charge in [-0.3, -0.25) is 29.0 Å². The van der Waals surface area contributed by atoms with Crippen molar-refractivity contribution in [2.45, 2.75) is 37.9 Å². The zero-order valence-corrected chi connectivity index (χ0v) is 17.1. The molecule has 31 heavy (non-hydrogen) atoms. The summed E-state index contributed by atoms with van der Waals surface area (Å²) in [5.41, 5.74) is 15.6. The highest BCUT2D eigenvalue weighted by Crippen LogP contribution is 2.01. The lowest BCUT2D eigenvalue weighted by Gasteiger charge is -2.23. The summed E-state index contributed by atoms with van der Waals surface area (Å²) in [6.45, 7) is -0.308. The molecule has 0 aromatic carbocycles. The minimum atomic E-state index is -1.45. The Hall–Kier alpha value is -3.46. The van der Waals surface area contributed by atoms with E-state index in [2.05, 4.69) is 20.9 Å². The highest BCUT2D eigenvalue weighted by Gasteiger charge is 2.28. The molecular formula is C16H30N8O7. The van der Waals surface area contributed by atoms with Crippen LogP contribution in [0.15, 0.2) is 4.99 Å². The predicted octanol–water partition coefficient (Wildman–Crippen LogP) is -5.33. The Morgan fingerprint density at radius 2 is 1.58 bits per heavy atom. The molecule has 0 aromatic rings. The van der Waals surface area contributed by atoms with E-state index in [1.165, 1.54) is 6.92 Å². The van der Waals surface area contributed by atoms with Crippen LogP contribution in [0.3, 0.4) is 0 Å². The van der Waals surface area contributed by atoms with E-state index in [-0.39, 0.29) is 31.9 Å². The van der Waals surface area contributed by atoms with Crippen molar-refractivity contribution in [3.63, 3.8) is 0 Å². The molecule has 176 valence electrons. The van der Waals surface area contributed by atoms with Gasteiger partial charge in [0.1, 0.15) is 24.7 Å². The summed E-state index contributed by atoms with van der Waals surface area (Å²) in [6, 6.07) is -3.62. The molecule has 15 heteroatoms. The van der Waals surface area contributed by atoms with Crippen LogP contribution in [-0.4, -0.2) is 90.1 Å². The molecule has 0 aliphatic rings. The lowest BCUT2D eigenvalue weighted by atomic mass is 10.1. The number of nitrogens with one attached hydrogen (secondary N) is 4. The van der Waals surface area contributed by atoms with Crippen LogP contribution >= 0.6 is 0 Å². The Bertz CT molecular complexity index is 681. The smallest absolute Gasteiger partial charge is 0.322 e. The number of guanidine groups is 1. The molecule has 3 atom stereocenters. The fraction of sp³-hybridized carbons (Fsp3) is 0.625. The Labute approximate surface area is 178 Å². The Kier molecular flexibility index (Phi) is 12.9. The number of hydrogen-bond donors (Lipinski definition) is 9. The number of aliphatic carboxylic acids is 1. The fourth-order valence-corrected chi connectivity index (χ4v) is 2.19. The Morgan fingerprint density at radius 1 is 0.968 bits per heavy atom. The highest BCUT2D eigenvalue weighted by atomic mass is 16.4. The summed E-state index contributed by atoms with van der Waals surface area (Å²) in [7, 11) is 0. The van der Waals surface area contributed by atoms with Gasteiger partial charge in [0, 0.05) is 6.54 Å². The van der Waals surface area contributed by atoms with E-state index >= 15 is 0 Å². The lowest BCUT2D eigenvalue weighted by molar-refractivity contribution is -0.139. The summed E-state index contributed by atoms with van der Waals surface area (Å²) in [5, 5.41) is 27.0. The van der Waals surface area contributed by atoms with Crippen molar-refractivity contribution in [2.24, 2.45) is 22.2 Å². The molecule has 15 nitrogen and oxygen atoms in total. The van der Waals surface area contributed by atoms with Gasteiger partial charge in [-0.25, -0.2) is 0 Å². The molecular weight excluding hydrogens is 416 g/mol. The quantitative estimate of drug-likeness (QED) is 0.0694. The number of carbonyl (C=O) groups excluding carboxylic acids is 4. The maximum atomic E-state index is 12.6. The average Bonchev–Trinajstić information content (AvgIpc) is 2.71. The summed E-state index contributed by atoms with van der Waals surface area (Å²) in [6.07, 6.45) is 0.329. The highest BCUT2D eigenvalue weighted by molar-refractivity contribution is 5.94. The van der Waals surface area contributed by atoms with Crippen LogP contribution in [0.5, 0.6) is 0 Å². The molecule has 0 spiro atoms. The van der Waals surface area contributed by atoms with Gasteiger partial charge in [-0.2, -0.15) is 0 Å².